The minimum absolute atomic E-state index is 0.0534. The number of ether oxygens (including phenoxy) is 3. The Morgan fingerprint density at radius 1 is 0.519 bits per heavy atom. The summed E-state index contributed by atoms with van der Waals surface area (Å²) in [5.41, 5.74) is 0. The zero-order valence-corrected chi connectivity index (χ0v) is 32.8. The summed E-state index contributed by atoms with van der Waals surface area (Å²) < 4.78 is 14.2. The highest BCUT2D eigenvalue weighted by atomic mass is 16.5. The number of methoxy groups -OCH3 is 3. The first-order chi connectivity index (χ1) is 25.3. The van der Waals surface area contributed by atoms with Gasteiger partial charge in [-0.25, -0.2) is 0 Å². The molecule has 52 heavy (non-hydrogen) atoms. The monoisotopic (exact) mass is 723 g/mol. The average Bonchev–Trinajstić information content (AvgIpc) is 4.03. The Morgan fingerprint density at radius 3 is 1.42 bits per heavy atom. The van der Waals surface area contributed by atoms with Crippen LogP contribution in [0.1, 0.15) is 90.4 Å². The maximum absolute atomic E-state index is 11.8. The molecule has 0 aromatic carbocycles. The fraction of sp³-hybridized carbons (Fsp3) is 0.911. The van der Waals surface area contributed by atoms with Crippen molar-refractivity contribution in [1.29, 1.82) is 0 Å². The summed E-state index contributed by atoms with van der Waals surface area (Å²) in [5.74, 6) is 17.9. The maximum Gasteiger partial charge on any atom is 0.308 e. The van der Waals surface area contributed by atoms with E-state index in [4.69, 9.17) is 14.6 Å². The van der Waals surface area contributed by atoms with Crippen molar-refractivity contribution in [2.75, 3.05) is 41.7 Å². The highest BCUT2D eigenvalue weighted by molar-refractivity contribution is 5.74. The molecule has 0 saturated heterocycles. The highest BCUT2D eigenvalue weighted by Crippen LogP contribution is 2.70. The predicted octanol–water partition coefficient (Wildman–Crippen LogP) is 7.29. The summed E-state index contributed by atoms with van der Waals surface area (Å²) in [7, 11) is 6.33. The van der Waals surface area contributed by atoms with Gasteiger partial charge in [-0.15, -0.1) is 0 Å². The standard InChI is InChI=1S/C14H20O2.C14H18O2.C13H20O.2C2H6O/c2*1-16-14(15)11-6-9-5-10(11)13-8-3-2-7(4-8)12(9)13;14-6-10-4-9-5-11(10)13-8-2-1-7(3-8)12(9)13;1-3-2;1-2-3/h7-13H,2-6H2,1H3;2-3,7-13H,4-6H2,1H3;7-14H,1-6H2;1-2H3;3H,2H2,1H3. The molecule has 0 aromatic rings. The second kappa shape index (κ2) is 15.2. The van der Waals surface area contributed by atoms with Gasteiger partial charge in [0.05, 0.1) is 26.1 Å². The van der Waals surface area contributed by atoms with Gasteiger partial charge in [0.2, 0.25) is 0 Å². The molecule has 21 unspecified atom stereocenters. The van der Waals surface area contributed by atoms with E-state index in [1.54, 1.807) is 41.1 Å². The number of hydrogen-bond donors (Lipinski definition) is 2. The van der Waals surface area contributed by atoms with Gasteiger partial charge in [-0.05, 0) is 203 Å². The van der Waals surface area contributed by atoms with Crippen molar-refractivity contribution in [2.24, 2.45) is 124 Å². The van der Waals surface area contributed by atoms with Gasteiger partial charge < -0.3 is 24.4 Å². The zero-order chi connectivity index (χ0) is 36.4. The van der Waals surface area contributed by atoms with Gasteiger partial charge in [-0.1, -0.05) is 12.2 Å². The lowest BCUT2D eigenvalue weighted by Gasteiger charge is -2.38. The molecular weight excluding hydrogens is 652 g/mol. The lowest BCUT2D eigenvalue weighted by molar-refractivity contribution is -0.149. The summed E-state index contributed by atoms with van der Waals surface area (Å²) in [5, 5.41) is 16.9. The Kier molecular flexibility index (Phi) is 11.0. The van der Waals surface area contributed by atoms with E-state index in [0.717, 1.165) is 108 Å². The zero-order valence-electron chi connectivity index (χ0n) is 32.8. The second-order valence-electron chi connectivity index (χ2n) is 19.7. The molecule has 0 spiro atoms. The van der Waals surface area contributed by atoms with E-state index < -0.39 is 0 Å². The summed E-state index contributed by atoms with van der Waals surface area (Å²) >= 11 is 0. The SMILES string of the molecule is CCO.COC.COC(=O)C1CC2CC1C1C3C=CC(C3)C21.COC(=O)C1CC2CC1C1C3CCC(C3)C21.OCC1CC2CC1C1C3CCC(C3)C21. The number of carbonyl (C=O) groups excluding carboxylic acids is 2. The van der Waals surface area contributed by atoms with Crippen LogP contribution in [-0.2, 0) is 23.8 Å². The number of esters is 2. The van der Waals surface area contributed by atoms with Crippen LogP contribution in [-0.4, -0.2) is 63.8 Å². The summed E-state index contributed by atoms with van der Waals surface area (Å²) in [6, 6.07) is 0. The van der Waals surface area contributed by atoms with Crippen molar-refractivity contribution in [3.05, 3.63) is 12.2 Å². The minimum Gasteiger partial charge on any atom is -0.469 e. The summed E-state index contributed by atoms with van der Waals surface area (Å²) in [6.07, 6.45) is 23.0. The maximum atomic E-state index is 11.8. The van der Waals surface area contributed by atoms with Gasteiger partial charge in [0.25, 0.3) is 0 Å². The molecule has 11 saturated carbocycles. The van der Waals surface area contributed by atoms with Crippen molar-refractivity contribution in [3.63, 3.8) is 0 Å². The average molecular weight is 723 g/mol. The number of fused-ring (bicyclic) bond motifs is 27. The molecular formula is C45H70O7. The number of aliphatic hydroxyl groups excluding tert-OH is 2. The molecule has 21 atom stereocenters. The third-order valence-corrected chi connectivity index (χ3v) is 18.1. The topological polar surface area (TPSA) is 102 Å². The van der Waals surface area contributed by atoms with E-state index in [1.165, 1.54) is 64.9 Å². The Bertz CT molecular complexity index is 1310. The molecule has 12 rings (SSSR count). The van der Waals surface area contributed by atoms with Crippen LogP contribution in [0.4, 0.5) is 0 Å². The van der Waals surface area contributed by atoms with Gasteiger partial charge >= 0.3 is 11.9 Å². The van der Waals surface area contributed by atoms with Crippen molar-refractivity contribution in [2.45, 2.75) is 90.4 Å². The van der Waals surface area contributed by atoms with Crippen LogP contribution in [0.25, 0.3) is 0 Å². The fourth-order valence-electron chi connectivity index (χ4n) is 17.3. The molecule has 2 N–H and O–H groups in total. The molecule has 12 aliphatic carbocycles. The molecule has 11 fully saturated rings. The minimum atomic E-state index is 0.0534. The van der Waals surface area contributed by atoms with E-state index >= 15 is 0 Å². The summed E-state index contributed by atoms with van der Waals surface area (Å²) in [4.78, 5) is 23.5. The molecule has 0 aromatic heterocycles. The molecule has 0 amide bonds. The molecule has 0 aliphatic heterocycles. The number of hydrogen-bond acceptors (Lipinski definition) is 7. The van der Waals surface area contributed by atoms with Crippen LogP contribution < -0.4 is 0 Å². The Morgan fingerprint density at radius 2 is 0.923 bits per heavy atom. The lowest BCUT2D eigenvalue weighted by Crippen LogP contribution is -2.36. The quantitative estimate of drug-likeness (QED) is 0.179. The van der Waals surface area contributed by atoms with Crippen LogP contribution >= 0.6 is 0 Å². The normalized spacial score (nSPS) is 52.4. The summed E-state index contributed by atoms with van der Waals surface area (Å²) in [6.45, 7) is 2.40. The first kappa shape index (κ1) is 37.5. The molecule has 0 radical (unpaired) electrons. The lowest BCUT2D eigenvalue weighted by atomic mass is 9.67. The fourth-order valence-corrected chi connectivity index (χ4v) is 17.3. The van der Waals surface area contributed by atoms with Crippen LogP contribution in [0.5, 0.6) is 0 Å². The second-order valence-corrected chi connectivity index (χ2v) is 19.7. The van der Waals surface area contributed by atoms with E-state index in [-0.39, 0.29) is 30.4 Å². The van der Waals surface area contributed by atoms with Crippen LogP contribution in [0.3, 0.4) is 0 Å². The van der Waals surface area contributed by atoms with Crippen molar-refractivity contribution in [1.82, 2.24) is 0 Å². The Hall–Kier alpha value is -1.44. The highest BCUT2D eigenvalue weighted by Gasteiger charge is 2.65. The van der Waals surface area contributed by atoms with Crippen LogP contribution in [0.15, 0.2) is 12.2 Å². The van der Waals surface area contributed by atoms with Gasteiger partial charge in [-0.3, -0.25) is 9.59 Å². The van der Waals surface area contributed by atoms with Crippen LogP contribution in [0.2, 0.25) is 0 Å². The van der Waals surface area contributed by atoms with Gasteiger partial charge in [0, 0.05) is 27.4 Å². The number of rotatable bonds is 3. The van der Waals surface area contributed by atoms with Crippen molar-refractivity contribution < 1.29 is 34.0 Å². The molecule has 0 heterocycles. The van der Waals surface area contributed by atoms with Gasteiger partial charge in [-0.2, -0.15) is 0 Å². The van der Waals surface area contributed by atoms with Crippen molar-refractivity contribution >= 4 is 11.9 Å². The van der Waals surface area contributed by atoms with Crippen molar-refractivity contribution in [3.8, 4) is 0 Å². The van der Waals surface area contributed by atoms with E-state index in [2.05, 4.69) is 16.9 Å². The Labute approximate surface area is 313 Å². The number of aliphatic hydroxyl groups is 2. The molecule has 292 valence electrons. The molecule has 12 aliphatic rings. The van der Waals surface area contributed by atoms with E-state index in [9.17, 15) is 14.7 Å². The van der Waals surface area contributed by atoms with E-state index in [0.29, 0.717) is 24.4 Å². The largest absolute Gasteiger partial charge is 0.469 e. The first-order valence-electron chi connectivity index (χ1n) is 21.8. The van der Waals surface area contributed by atoms with Gasteiger partial charge in [0.1, 0.15) is 0 Å². The van der Waals surface area contributed by atoms with Gasteiger partial charge in [0.15, 0.2) is 0 Å². The third kappa shape index (κ3) is 5.98. The number of allylic oxidation sites excluding steroid dienone is 2. The molecule has 7 heteroatoms. The predicted molar refractivity (Wildman–Crippen MR) is 199 cm³/mol. The third-order valence-electron chi connectivity index (χ3n) is 18.1. The molecule has 7 nitrogen and oxygen atoms in total. The van der Waals surface area contributed by atoms with E-state index in [1.807, 2.05) is 0 Å². The Balaban J connectivity index is 0.000000104. The molecule has 12 bridgehead atoms. The smallest absolute Gasteiger partial charge is 0.308 e. The van der Waals surface area contributed by atoms with Crippen LogP contribution in [0, 0.1) is 124 Å². The number of carbonyl (C=O) groups is 2. The first-order valence-corrected chi connectivity index (χ1v) is 21.8.